The maximum absolute atomic E-state index is 12.9. The van der Waals surface area contributed by atoms with Gasteiger partial charge in [0.25, 0.3) is 5.91 Å². The highest BCUT2D eigenvalue weighted by atomic mass is 35.5. The number of rotatable bonds is 3. The van der Waals surface area contributed by atoms with Gasteiger partial charge in [-0.15, -0.1) is 0 Å². The van der Waals surface area contributed by atoms with Gasteiger partial charge in [-0.1, -0.05) is 41.9 Å². The van der Waals surface area contributed by atoms with Crippen molar-refractivity contribution in [3.8, 4) is 0 Å². The Hall–Kier alpha value is -2.41. The summed E-state index contributed by atoms with van der Waals surface area (Å²) in [7, 11) is 0. The zero-order chi connectivity index (χ0) is 19.5. The van der Waals surface area contributed by atoms with Crippen LogP contribution in [0.15, 0.2) is 54.6 Å². The largest absolute Gasteiger partial charge is 0.338 e. The van der Waals surface area contributed by atoms with Crippen molar-refractivity contribution < 1.29 is 9.59 Å². The average Bonchev–Trinajstić information content (AvgIpc) is 3.24. The topological polar surface area (TPSA) is 64.7 Å². The third-order valence-electron chi connectivity index (χ3n) is 5.37. The molecule has 2 fully saturated rings. The second-order valence-electron chi connectivity index (χ2n) is 7.16. The normalized spacial score (nSPS) is 22.3. The molecule has 2 aliphatic heterocycles. The molecular formula is C21H23ClN4O2. The number of piperazine rings is 1. The number of benzene rings is 2. The minimum absolute atomic E-state index is 0.0242. The zero-order valence-electron chi connectivity index (χ0n) is 15.5. The Morgan fingerprint density at radius 1 is 0.857 bits per heavy atom. The molecule has 2 aliphatic rings. The number of carbonyl (C=O) groups excluding carboxylic acids is 2. The van der Waals surface area contributed by atoms with E-state index in [1.807, 2.05) is 64.4 Å². The summed E-state index contributed by atoms with van der Waals surface area (Å²) in [6, 6.07) is 16.7. The standard InChI is InChI=1S/C21H23ClN4O2/c22-17-8-6-15(7-9-17)18-14-19(24-23-18)21(28)26-12-10-25(11-13-26)20(27)16-4-2-1-3-5-16/h1-9,18-19,23-24H,10-14H2. The lowest BCUT2D eigenvalue weighted by Crippen LogP contribution is -2.54. The first-order valence-electron chi connectivity index (χ1n) is 9.51. The van der Waals surface area contributed by atoms with Crippen molar-refractivity contribution in [1.82, 2.24) is 20.7 Å². The Morgan fingerprint density at radius 3 is 2.18 bits per heavy atom. The van der Waals surface area contributed by atoms with Crippen molar-refractivity contribution >= 4 is 23.4 Å². The van der Waals surface area contributed by atoms with E-state index in [-0.39, 0.29) is 23.9 Å². The molecule has 2 saturated heterocycles. The minimum atomic E-state index is -0.267. The Labute approximate surface area is 169 Å². The van der Waals surface area contributed by atoms with E-state index < -0.39 is 0 Å². The monoisotopic (exact) mass is 398 g/mol. The number of hydrazine groups is 1. The van der Waals surface area contributed by atoms with Crippen LogP contribution in [0.25, 0.3) is 0 Å². The summed E-state index contributed by atoms with van der Waals surface area (Å²) in [4.78, 5) is 29.1. The van der Waals surface area contributed by atoms with Gasteiger partial charge in [-0.05, 0) is 36.2 Å². The molecule has 0 spiro atoms. The zero-order valence-corrected chi connectivity index (χ0v) is 16.2. The number of halogens is 1. The Balaban J connectivity index is 1.31. The van der Waals surface area contributed by atoms with Gasteiger partial charge < -0.3 is 9.80 Å². The van der Waals surface area contributed by atoms with Crippen molar-refractivity contribution in [3.05, 3.63) is 70.7 Å². The van der Waals surface area contributed by atoms with Crippen molar-refractivity contribution in [2.45, 2.75) is 18.5 Å². The van der Waals surface area contributed by atoms with Crippen LogP contribution in [-0.2, 0) is 4.79 Å². The summed E-state index contributed by atoms with van der Waals surface area (Å²) in [5, 5.41) is 0.699. The Kier molecular flexibility index (Phi) is 5.62. The van der Waals surface area contributed by atoms with Crippen molar-refractivity contribution in [2.75, 3.05) is 26.2 Å². The third-order valence-corrected chi connectivity index (χ3v) is 5.62. The molecule has 2 heterocycles. The molecule has 6 nitrogen and oxygen atoms in total. The van der Waals surface area contributed by atoms with Crippen LogP contribution in [0.1, 0.15) is 28.4 Å². The molecule has 0 saturated carbocycles. The number of amides is 2. The molecule has 0 radical (unpaired) electrons. The lowest BCUT2D eigenvalue weighted by Gasteiger charge is -2.35. The fourth-order valence-corrected chi connectivity index (χ4v) is 3.87. The lowest BCUT2D eigenvalue weighted by molar-refractivity contribution is -0.134. The second kappa shape index (κ2) is 8.31. The van der Waals surface area contributed by atoms with Gasteiger partial charge in [0, 0.05) is 42.8 Å². The van der Waals surface area contributed by atoms with Crippen LogP contribution < -0.4 is 10.9 Å². The van der Waals surface area contributed by atoms with Gasteiger partial charge >= 0.3 is 0 Å². The van der Waals surface area contributed by atoms with Crippen LogP contribution in [0.5, 0.6) is 0 Å². The van der Waals surface area contributed by atoms with Gasteiger partial charge in [-0.2, -0.15) is 0 Å². The molecule has 0 bridgehead atoms. The van der Waals surface area contributed by atoms with Gasteiger partial charge in [0.15, 0.2) is 0 Å². The number of nitrogens with one attached hydrogen (secondary N) is 2. The molecular weight excluding hydrogens is 376 g/mol. The Morgan fingerprint density at radius 2 is 1.50 bits per heavy atom. The number of hydrogen-bond acceptors (Lipinski definition) is 4. The molecule has 28 heavy (non-hydrogen) atoms. The molecule has 2 amide bonds. The quantitative estimate of drug-likeness (QED) is 0.832. The van der Waals surface area contributed by atoms with E-state index in [1.165, 1.54) is 0 Å². The highest BCUT2D eigenvalue weighted by molar-refractivity contribution is 6.30. The molecule has 146 valence electrons. The van der Waals surface area contributed by atoms with Gasteiger partial charge in [0.1, 0.15) is 6.04 Å². The predicted octanol–water partition coefficient (Wildman–Crippen LogP) is 2.23. The second-order valence-corrected chi connectivity index (χ2v) is 7.60. The van der Waals surface area contributed by atoms with E-state index in [9.17, 15) is 9.59 Å². The highest BCUT2D eigenvalue weighted by Crippen LogP contribution is 2.24. The number of carbonyl (C=O) groups is 2. The van der Waals surface area contributed by atoms with Gasteiger partial charge in [0.05, 0.1) is 0 Å². The third kappa shape index (κ3) is 4.04. The van der Waals surface area contributed by atoms with Crippen LogP contribution >= 0.6 is 11.6 Å². The van der Waals surface area contributed by atoms with E-state index in [4.69, 9.17) is 11.6 Å². The number of hydrogen-bond donors (Lipinski definition) is 2. The van der Waals surface area contributed by atoms with Crippen LogP contribution in [-0.4, -0.2) is 53.8 Å². The maximum atomic E-state index is 12.9. The van der Waals surface area contributed by atoms with E-state index in [0.717, 1.165) is 5.56 Å². The van der Waals surface area contributed by atoms with Crippen LogP contribution in [0.3, 0.4) is 0 Å². The highest BCUT2D eigenvalue weighted by Gasteiger charge is 2.34. The molecule has 4 rings (SSSR count). The van der Waals surface area contributed by atoms with Gasteiger partial charge in [-0.3, -0.25) is 9.59 Å². The molecule has 2 atom stereocenters. The summed E-state index contributed by atoms with van der Waals surface area (Å²) in [5.41, 5.74) is 8.12. The maximum Gasteiger partial charge on any atom is 0.253 e. The van der Waals surface area contributed by atoms with Gasteiger partial charge in [-0.25, -0.2) is 10.9 Å². The van der Waals surface area contributed by atoms with Crippen molar-refractivity contribution in [2.24, 2.45) is 0 Å². The summed E-state index contributed by atoms with van der Waals surface area (Å²) >= 11 is 5.95. The molecule has 0 aromatic heterocycles. The SMILES string of the molecule is O=C(c1ccccc1)N1CCN(C(=O)C2CC(c3ccc(Cl)cc3)NN2)CC1. The van der Waals surface area contributed by atoms with Crippen molar-refractivity contribution in [3.63, 3.8) is 0 Å². The summed E-state index contributed by atoms with van der Waals surface area (Å²) in [6.45, 7) is 2.23. The molecule has 2 unspecified atom stereocenters. The fourth-order valence-electron chi connectivity index (χ4n) is 3.75. The van der Waals surface area contributed by atoms with E-state index in [0.29, 0.717) is 43.2 Å². The minimum Gasteiger partial charge on any atom is -0.338 e. The van der Waals surface area contributed by atoms with E-state index in [2.05, 4.69) is 10.9 Å². The van der Waals surface area contributed by atoms with Crippen LogP contribution in [0, 0.1) is 0 Å². The molecule has 2 aromatic carbocycles. The number of nitrogens with zero attached hydrogens (tertiary/aromatic N) is 2. The van der Waals surface area contributed by atoms with E-state index in [1.54, 1.807) is 0 Å². The predicted molar refractivity (Wildman–Crippen MR) is 108 cm³/mol. The van der Waals surface area contributed by atoms with Gasteiger partial charge in [0.2, 0.25) is 5.91 Å². The van der Waals surface area contributed by atoms with Crippen LogP contribution in [0.2, 0.25) is 5.02 Å². The summed E-state index contributed by atoms with van der Waals surface area (Å²) in [6.07, 6.45) is 0.684. The van der Waals surface area contributed by atoms with Crippen LogP contribution in [0.4, 0.5) is 0 Å². The van der Waals surface area contributed by atoms with E-state index >= 15 is 0 Å². The first-order valence-corrected chi connectivity index (χ1v) is 9.89. The first kappa shape index (κ1) is 18.9. The smallest absolute Gasteiger partial charge is 0.253 e. The first-order chi connectivity index (χ1) is 13.6. The Bertz CT molecular complexity index is 835. The average molecular weight is 399 g/mol. The fraction of sp³-hybridized carbons (Fsp3) is 0.333. The molecule has 7 heteroatoms. The molecule has 2 aromatic rings. The summed E-state index contributed by atoms with van der Waals surface area (Å²) < 4.78 is 0. The molecule has 2 N–H and O–H groups in total. The molecule has 0 aliphatic carbocycles. The summed E-state index contributed by atoms with van der Waals surface area (Å²) in [5.74, 6) is 0.104. The lowest BCUT2D eigenvalue weighted by atomic mass is 10.0. The van der Waals surface area contributed by atoms with Crippen molar-refractivity contribution in [1.29, 1.82) is 0 Å².